The van der Waals surface area contributed by atoms with Crippen LogP contribution >= 0.6 is 0 Å². The molecule has 0 saturated heterocycles. The fraction of sp³-hybridized carbons (Fsp3) is 0.304. The average molecular weight is 381 g/mol. The molecule has 0 atom stereocenters. The molecule has 0 fully saturated rings. The highest BCUT2D eigenvalue weighted by Gasteiger charge is 2.23. The van der Waals surface area contributed by atoms with E-state index in [1.54, 1.807) is 43.0 Å². The van der Waals surface area contributed by atoms with E-state index in [-0.39, 0.29) is 25.2 Å². The van der Waals surface area contributed by atoms with Crippen LogP contribution < -0.4 is 4.90 Å². The molecular weight excluding hydrogens is 354 g/mol. The first-order valence-corrected chi connectivity index (χ1v) is 9.36. The summed E-state index contributed by atoms with van der Waals surface area (Å²) in [6.45, 7) is 2.32. The summed E-state index contributed by atoms with van der Waals surface area (Å²) in [7, 11) is 0. The van der Waals surface area contributed by atoms with Crippen LogP contribution in [-0.4, -0.2) is 31.6 Å². The number of hydrogen-bond acceptors (Lipinski definition) is 5. The van der Waals surface area contributed by atoms with E-state index in [0.717, 1.165) is 11.1 Å². The third-order valence-corrected chi connectivity index (χ3v) is 4.43. The number of para-hydroxylation sites is 1. The Morgan fingerprint density at radius 1 is 1.00 bits per heavy atom. The Morgan fingerprint density at radius 2 is 1.61 bits per heavy atom. The van der Waals surface area contributed by atoms with Gasteiger partial charge in [-0.05, 0) is 49.1 Å². The van der Waals surface area contributed by atoms with Crippen LogP contribution in [-0.2, 0) is 32.0 Å². The minimum absolute atomic E-state index is 0.128. The van der Waals surface area contributed by atoms with Gasteiger partial charge in [0.1, 0.15) is 5.57 Å². The summed E-state index contributed by atoms with van der Waals surface area (Å²) in [5, 5.41) is 0. The van der Waals surface area contributed by atoms with Gasteiger partial charge in [0.15, 0.2) is 0 Å². The summed E-state index contributed by atoms with van der Waals surface area (Å²) in [4.78, 5) is 26.4. The third kappa shape index (κ3) is 4.42. The smallest absolute Gasteiger partial charge is 0.345 e. The van der Waals surface area contributed by atoms with Gasteiger partial charge >= 0.3 is 11.9 Å². The van der Waals surface area contributed by atoms with Crippen molar-refractivity contribution in [3.8, 4) is 0 Å². The highest BCUT2D eigenvalue weighted by molar-refractivity contribution is 6.18. The largest absolute Gasteiger partial charge is 0.462 e. The first-order chi connectivity index (χ1) is 14.4. The van der Waals surface area contributed by atoms with Crippen LogP contribution in [0.25, 0.3) is 6.08 Å². The van der Waals surface area contributed by atoms with Crippen LogP contribution in [0.4, 0.5) is 5.69 Å². The van der Waals surface area contributed by atoms with E-state index in [9.17, 15) is 9.59 Å². The molecular formula is C23H25NO4. The maximum atomic E-state index is 12.4. The molecule has 1 aliphatic heterocycles. The molecule has 2 aromatic rings. The molecule has 2 aromatic carbocycles. The first kappa shape index (κ1) is 17.0. The van der Waals surface area contributed by atoms with Gasteiger partial charge in [-0.25, -0.2) is 9.59 Å². The molecule has 0 N–H and O–H groups in total. The van der Waals surface area contributed by atoms with Crippen molar-refractivity contribution in [3.05, 3.63) is 70.8 Å². The molecule has 5 heteroatoms. The van der Waals surface area contributed by atoms with Crippen molar-refractivity contribution < 1.29 is 21.8 Å². The number of anilines is 1. The van der Waals surface area contributed by atoms with Gasteiger partial charge in [0.05, 0.1) is 13.2 Å². The standard InChI is InChI=1S/C23H25NO4/c1-3-27-22(25)20(23(26)28-4-2)15-18-10-7-8-12-21(18)24-14-13-17-9-5-6-11-19(17)16-24/h5-12,15H,3-4,13-14,16H2,1-2H3/i14D2. The van der Waals surface area contributed by atoms with Gasteiger partial charge in [-0.1, -0.05) is 42.5 Å². The van der Waals surface area contributed by atoms with Crippen molar-refractivity contribution in [1.82, 2.24) is 0 Å². The maximum absolute atomic E-state index is 12.4. The number of rotatable bonds is 6. The second kappa shape index (κ2) is 9.22. The maximum Gasteiger partial charge on any atom is 0.345 e. The molecule has 3 rings (SSSR count). The van der Waals surface area contributed by atoms with Crippen LogP contribution in [0.3, 0.4) is 0 Å². The zero-order valence-electron chi connectivity index (χ0n) is 18.1. The number of carbonyl (C=O) groups excluding carboxylic acids is 2. The van der Waals surface area contributed by atoms with E-state index < -0.39 is 18.4 Å². The third-order valence-electron chi connectivity index (χ3n) is 4.43. The molecule has 0 aliphatic carbocycles. The SMILES string of the molecule is [2H]C1([2H])Cc2ccccc2CN1c1ccccc1C=C(C(=O)OCC)C(=O)OCC. The van der Waals surface area contributed by atoms with E-state index in [2.05, 4.69) is 0 Å². The van der Waals surface area contributed by atoms with Crippen molar-refractivity contribution in [3.63, 3.8) is 0 Å². The minimum atomic E-state index is -1.63. The number of aryl methyl sites for hydroxylation is 1. The van der Waals surface area contributed by atoms with Crippen molar-refractivity contribution in [2.45, 2.75) is 26.8 Å². The first-order valence-electron chi connectivity index (χ1n) is 10.4. The van der Waals surface area contributed by atoms with Gasteiger partial charge in [-0.3, -0.25) is 0 Å². The zero-order chi connectivity index (χ0) is 21.7. The second-order valence-electron chi connectivity index (χ2n) is 6.25. The number of carbonyl (C=O) groups is 2. The minimum Gasteiger partial charge on any atom is -0.462 e. The number of fused-ring (bicyclic) bond motifs is 1. The van der Waals surface area contributed by atoms with E-state index in [1.807, 2.05) is 24.3 Å². The lowest BCUT2D eigenvalue weighted by atomic mass is 9.98. The Balaban J connectivity index is 2.06. The number of esters is 2. The molecule has 5 nitrogen and oxygen atoms in total. The molecule has 0 saturated carbocycles. The Morgan fingerprint density at radius 3 is 2.29 bits per heavy atom. The molecule has 28 heavy (non-hydrogen) atoms. The van der Waals surface area contributed by atoms with Crippen LogP contribution in [0, 0.1) is 0 Å². The van der Waals surface area contributed by atoms with E-state index in [4.69, 9.17) is 12.2 Å². The van der Waals surface area contributed by atoms with E-state index in [0.29, 0.717) is 17.8 Å². The average Bonchev–Trinajstić information content (AvgIpc) is 2.71. The normalized spacial score (nSPS) is 15.6. The van der Waals surface area contributed by atoms with Gasteiger partial charge in [-0.2, -0.15) is 0 Å². The quantitative estimate of drug-likeness (QED) is 0.330. The Labute approximate surface area is 168 Å². The van der Waals surface area contributed by atoms with Gasteiger partial charge < -0.3 is 14.4 Å². The Kier molecular flexibility index (Phi) is 5.61. The van der Waals surface area contributed by atoms with Crippen molar-refractivity contribution >= 4 is 23.7 Å². The lowest BCUT2D eigenvalue weighted by Crippen LogP contribution is -2.30. The number of ether oxygens (including phenoxy) is 2. The lowest BCUT2D eigenvalue weighted by Gasteiger charge is -2.32. The second-order valence-corrected chi connectivity index (χ2v) is 6.25. The molecule has 146 valence electrons. The van der Waals surface area contributed by atoms with Crippen molar-refractivity contribution in [1.29, 1.82) is 0 Å². The van der Waals surface area contributed by atoms with Crippen LogP contribution in [0.2, 0.25) is 0 Å². The van der Waals surface area contributed by atoms with Crippen LogP contribution in [0.15, 0.2) is 54.1 Å². The van der Waals surface area contributed by atoms with E-state index in [1.165, 1.54) is 6.08 Å². The molecule has 0 radical (unpaired) electrons. The predicted molar refractivity (Wildman–Crippen MR) is 109 cm³/mol. The van der Waals surface area contributed by atoms with Gasteiger partial charge in [0.2, 0.25) is 0 Å². The van der Waals surface area contributed by atoms with Crippen molar-refractivity contribution in [2.75, 3.05) is 24.6 Å². The predicted octanol–water partition coefficient (Wildman–Crippen LogP) is 3.76. The zero-order valence-corrected chi connectivity index (χ0v) is 16.1. The van der Waals surface area contributed by atoms with Crippen LogP contribution in [0.1, 0.15) is 33.3 Å². The molecule has 0 aromatic heterocycles. The molecule has 1 heterocycles. The Bertz CT molecular complexity index is 951. The highest BCUT2D eigenvalue weighted by atomic mass is 16.6. The van der Waals surface area contributed by atoms with Crippen molar-refractivity contribution in [2.24, 2.45) is 0 Å². The molecule has 0 amide bonds. The summed E-state index contributed by atoms with van der Waals surface area (Å²) in [6, 6.07) is 14.9. The topological polar surface area (TPSA) is 55.8 Å². The number of nitrogens with zero attached hydrogens (tertiary/aromatic N) is 1. The fourth-order valence-corrected chi connectivity index (χ4v) is 3.09. The Hall–Kier alpha value is -3.08. The molecule has 0 bridgehead atoms. The number of benzene rings is 2. The summed E-state index contributed by atoms with van der Waals surface area (Å²) in [6.07, 6.45) is 1.66. The summed E-state index contributed by atoms with van der Waals surface area (Å²) in [5.41, 5.74) is 2.93. The van der Waals surface area contributed by atoms with Gasteiger partial charge in [0.25, 0.3) is 0 Å². The fourth-order valence-electron chi connectivity index (χ4n) is 3.09. The summed E-state index contributed by atoms with van der Waals surface area (Å²) in [5.74, 6) is -1.53. The summed E-state index contributed by atoms with van der Waals surface area (Å²) >= 11 is 0. The molecule has 0 spiro atoms. The number of hydrogen-bond donors (Lipinski definition) is 0. The highest BCUT2D eigenvalue weighted by Crippen LogP contribution is 2.29. The van der Waals surface area contributed by atoms with Crippen LogP contribution in [0.5, 0.6) is 0 Å². The summed E-state index contributed by atoms with van der Waals surface area (Å²) < 4.78 is 27.3. The molecule has 1 aliphatic rings. The van der Waals surface area contributed by atoms with Gasteiger partial charge in [-0.15, -0.1) is 0 Å². The van der Waals surface area contributed by atoms with Gasteiger partial charge in [0, 0.05) is 21.5 Å². The monoisotopic (exact) mass is 381 g/mol. The lowest BCUT2D eigenvalue weighted by molar-refractivity contribution is -0.146. The van der Waals surface area contributed by atoms with E-state index >= 15 is 0 Å². The molecule has 0 unspecified atom stereocenters.